The number of hydrogen-bond acceptors (Lipinski definition) is 3. The van der Waals surface area contributed by atoms with Crippen LogP contribution in [0.1, 0.15) is 22.6 Å². The van der Waals surface area contributed by atoms with E-state index in [1.165, 1.54) is 0 Å². The van der Waals surface area contributed by atoms with E-state index in [4.69, 9.17) is 0 Å². The van der Waals surface area contributed by atoms with E-state index in [0.29, 0.717) is 6.54 Å². The van der Waals surface area contributed by atoms with Crippen molar-refractivity contribution in [2.75, 3.05) is 6.61 Å². The second-order valence-electron chi connectivity index (χ2n) is 6.85. The average Bonchev–Trinajstić information content (AvgIpc) is 2.77. The zero-order chi connectivity index (χ0) is 21.3. The molecule has 2 amide bonds. The molecule has 6 heteroatoms. The smallest absolute Gasteiger partial charge is 0.245 e. The number of amides is 2. The molecule has 0 fully saturated rings. The monoisotopic (exact) mass is 514 g/mol. The third kappa shape index (κ3) is 5.90. The Bertz CT molecular complexity index is 941. The van der Waals surface area contributed by atoms with Crippen molar-refractivity contribution in [2.45, 2.75) is 18.5 Å². The van der Waals surface area contributed by atoms with Gasteiger partial charge in [0.2, 0.25) is 11.8 Å². The van der Waals surface area contributed by atoms with Gasteiger partial charge in [-0.25, -0.2) is 0 Å². The van der Waals surface area contributed by atoms with Crippen LogP contribution in [0.5, 0.6) is 0 Å². The first-order valence-corrected chi connectivity index (χ1v) is 10.7. The standard InChI is InChI=1S/C24H23IN2O3/c25-20-13-7-8-17(14-20)15-26-23(29)21(16-28)27-24(30)22(18-9-3-1-4-10-18)19-11-5-2-6-12-19/h1-14,21-22,28H,15-16H2,(H,26,29)(H,27,30). The molecule has 3 aromatic carbocycles. The van der Waals surface area contributed by atoms with Gasteiger partial charge in [-0.15, -0.1) is 0 Å². The summed E-state index contributed by atoms with van der Waals surface area (Å²) >= 11 is 2.21. The van der Waals surface area contributed by atoms with Crippen LogP contribution in [0.15, 0.2) is 84.9 Å². The van der Waals surface area contributed by atoms with Crippen molar-refractivity contribution in [1.82, 2.24) is 10.6 Å². The highest BCUT2D eigenvalue weighted by atomic mass is 127. The number of hydrogen-bond donors (Lipinski definition) is 3. The molecule has 0 radical (unpaired) electrons. The van der Waals surface area contributed by atoms with Gasteiger partial charge >= 0.3 is 0 Å². The van der Waals surface area contributed by atoms with E-state index in [9.17, 15) is 14.7 Å². The summed E-state index contributed by atoms with van der Waals surface area (Å²) in [5, 5.41) is 15.2. The summed E-state index contributed by atoms with van der Waals surface area (Å²) in [4.78, 5) is 25.7. The van der Waals surface area contributed by atoms with E-state index in [0.717, 1.165) is 20.3 Å². The number of aliphatic hydroxyl groups excluding tert-OH is 1. The number of benzene rings is 3. The van der Waals surface area contributed by atoms with E-state index >= 15 is 0 Å². The second kappa shape index (κ2) is 10.9. The van der Waals surface area contributed by atoms with Crippen LogP contribution >= 0.6 is 22.6 Å². The summed E-state index contributed by atoms with van der Waals surface area (Å²) in [5.41, 5.74) is 2.58. The largest absolute Gasteiger partial charge is 0.394 e. The lowest BCUT2D eigenvalue weighted by atomic mass is 9.90. The highest BCUT2D eigenvalue weighted by Crippen LogP contribution is 2.24. The Morgan fingerprint density at radius 2 is 1.43 bits per heavy atom. The lowest BCUT2D eigenvalue weighted by molar-refractivity contribution is -0.130. The maximum atomic E-state index is 13.1. The van der Waals surface area contributed by atoms with Crippen LogP contribution < -0.4 is 10.6 Å². The molecule has 154 valence electrons. The Morgan fingerprint density at radius 3 is 1.97 bits per heavy atom. The molecule has 0 aliphatic carbocycles. The molecule has 1 unspecified atom stereocenters. The molecule has 1 atom stereocenters. The number of nitrogens with one attached hydrogen (secondary N) is 2. The highest BCUT2D eigenvalue weighted by molar-refractivity contribution is 14.1. The predicted octanol–water partition coefficient (Wildman–Crippen LogP) is 3.22. The molecule has 0 heterocycles. The first kappa shape index (κ1) is 22.0. The fourth-order valence-electron chi connectivity index (χ4n) is 3.19. The number of carbonyl (C=O) groups excluding carboxylic acids is 2. The van der Waals surface area contributed by atoms with Crippen molar-refractivity contribution in [3.05, 3.63) is 105 Å². The number of aliphatic hydroxyl groups is 1. The van der Waals surface area contributed by atoms with Crippen LogP contribution in [0, 0.1) is 3.57 Å². The number of halogens is 1. The quantitative estimate of drug-likeness (QED) is 0.404. The van der Waals surface area contributed by atoms with Gasteiger partial charge in [0.25, 0.3) is 0 Å². The number of rotatable bonds is 8. The van der Waals surface area contributed by atoms with Crippen LogP contribution in [0.3, 0.4) is 0 Å². The minimum Gasteiger partial charge on any atom is -0.394 e. The van der Waals surface area contributed by atoms with Gasteiger partial charge in [0.15, 0.2) is 0 Å². The number of carbonyl (C=O) groups is 2. The Hall–Kier alpha value is -2.71. The minimum atomic E-state index is -1.03. The molecule has 3 N–H and O–H groups in total. The van der Waals surface area contributed by atoms with Gasteiger partial charge in [-0.1, -0.05) is 72.8 Å². The van der Waals surface area contributed by atoms with E-state index in [2.05, 4.69) is 33.2 Å². The summed E-state index contributed by atoms with van der Waals surface area (Å²) in [6, 6.07) is 25.5. The first-order valence-electron chi connectivity index (χ1n) is 9.61. The van der Waals surface area contributed by atoms with Crippen molar-refractivity contribution in [2.24, 2.45) is 0 Å². The molecule has 0 aliphatic rings. The Morgan fingerprint density at radius 1 is 0.833 bits per heavy atom. The third-order valence-corrected chi connectivity index (χ3v) is 5.37. The fraction of sp³-hybridized carbons (Fsp3) is 0.167. The van der Waals surface area contributed by atoms with E-state index in [1.807, 2.05) is 84.9 Å². The Labute approximate surface area is 189 Å². The summed E-state index contributed by atoms with van der Waals surface area (Å²) < 4.78 is 1.07. The Balaban J connectivity index is 1.72. The molecular formula is C24H23IN2O3. The van der Waals surface area contributed by atoms with Crippen LogP contribution in [0.2, 0.25) is 0 Å². The summed E-state index contributed by atoms with van der Waals surface area (Å²) in [7, 11) is 0. The SMILES string of the molecule is O=C(NCc1cccc(I)c1)C(CO)NC(=O)C(c1ccccc1)c1ccccc1. The zero-order valence-corrected chi connectivity index (χ0v) is 18.5. The Kier molecular flexibility index (Phi) is 7.98. The van der Waals surface area contributed by atoms with Crippen molar-refractivity contribution in [3.63, 3.8) is 0 Å². The van der Waals surface area contributed by atoms with Gasteiger partial charge in [0, 0.05) is 10.1 Å². The van der Waals surface area contributed by atoms with Crippen LogP contribution in [0.25, 0.3) is 0 Å². The van der Waals surface area contributed by atoms with E-state index < -0.39 is 24.5 Å². The highest BCUT2D eigenvalue weighted by Gasteiger charge is 2.27. The predicted molar refractivity (Wildman–Crippen MR) is 125 cm³/mol. The van der Waals surface area contributed by atoms with Crippen molar-refractivity contribution in [1.29, 1.82) is 0 Å². The summed E-state index contributed by atoms with van der Waals surface area (Å²) in [5.74, 6) is -1.34. The molecule has 5 nitrogen and oxygen atoms in total. The van der Waals surface area contributed by atoms with Crippen molar-refractivity contribution < 1.29 is 14.7 Å². The summed E-state index contributed by atoms with van der Waals surface area (Å²) in [6.45, 7) is -0.164. The summed E-state index contributed by atoms with van der Waals surface area (Å²) in [6.07, 6.45) is 0. The van der Waals surface area contributed by atoms with E-state index in [1.54, 1.807) is 0 Å². The molecule has 0 saturated carbocycles. The van der Waals surface area contributed by atoms with Gasteiger partial charge in [-0.05, 0) is 51.4 Å². The van der Waals surface area contributed by atoms with E-state index in [-0.39, 0.29) is 5.91 Å². The van der Waals surface area contributed by atoms with Gasteiger partial charge in [0.05, 0.1) is 12.5 Å². The molecule has 0 bridgehead atoms. The van der Waals surface area contributed by atoms with Crippen LogP contribution in [-0.4, -0.2) is 29.6 Å². The molecule has 3 aromatic rings. The second-order valence-corrected chi connectivity index (χ2v) is 8.09. The normalized spacial score (nSPS) is 11.7. The lowest BCUT2D eigenvalue weighted by Crippen LogP contribution is -2.50. The van der Waals surface area contributed by atoms with Crippen LogP contribution in [0.4, 0.5) is 0 Å². The zero-order valence-electron chi connectivity index (χ0n) is 16.3. The molecule has 30 heavy (non-hydrogen) atoms. The maximum absolute atomic E-state index is 13.1. The molecule has 0 aromatic heterocycles. The first-order chi connectivity index (χ1) is 14.6. The third-order valence-electron chi connectivity index (χ3n) is 4.70. The van der Waals surface area contributed by atoms with Crippen molar-refractivity contribution >= 4 is 34.4 Å². The minimum absolute atomic E-state index is 0.322. The molecule has 0 saturated heterocycles. The molecular weight excluding hydrogens is 491 g/mol. The maximum Gasteiger partial charge on any atom is 0.245 e. The van der Waals surface area contributed by atoms with Gasteiger partial charge < -0.3 is 15.7 Å². The topological polar surface area (TPSA) is 78.4 Å². The van der Waals surface area contributed by atoms with Gasteiger partial charge in [-0.2, -0.15) is 0 Å². The van der Waals surface area contributed by atoms with Gasteiger partial charge in [-0.3, -0.25) is 9.59 Å². The average molecular weight is 514 g/mol. The molecule has 3 rings (SSSR count). The lowest BCUT2D eigenvalue weighted by Gasteiger charge is -2.22. The van der Waals surface area contributed by atoms with Gasteiger partial charge in [0.1, 0.15) is 6.04 Å². The van der Waals surface area contributed by atoms with Crippen molar-refractivity contribution in [3.8, 4) is 0 Å². The molecule has 0 aliphatic heterocycles. The van der Waals surface area contributed by atoms with Crippen LogP contribution in [-0.2, 0) is 16.1 Å². The fourth-order valence-corrected chi connectivity index (χ4v) is 3.80. The molecule has 0 spiro atoms.